The number of nitrogens with zero attached hydrogens (tertiary/aromatic N) is 2. The highest BCUT2D eigenvalue weighted by Gasteiger charge is 2.20. The van der Waals surface area contributed by atoms with Gasteiger partial charge in [0.1, 0.15) is 11.6 Å². The van der Waals surface area contributed by atoms with Crippen molar-refractivity contribution in [2.75, 3.05) is 17.6 Å². The molecule has 0 amide bonds. The number of anilines is 1. The Morgan fingerprint density at radius 3 is 3.06 bits per heavy atom. The largest absolute Gasteiger partial charge is 0.370 e. The summed E-state index contributed by atoms with van der Waals surface area (Å²) in [6, 6.07) is 2.03. The van der Waals surface area contributed by atoms with Crippen molar-refractivity contribution < 1.29 is 0 Å². The Morgan fingerprint density at radius 1 is 1.50 bits per heavy atom. The molecule has 1 fully saturated rings. The summed E-state index contributed by atoms with van der Waals surface area (Å²) in [5, 5.41) is 3.85. The van der Waals surface area contributed by atoms with Crippen LogP contribution in [0, 0.1) is 6.92 Å². The van der Waals surface area contributed by atoms with Crippen molar-refractivity contribution in [1.29, 1.82) is 0 Å². The molecular weight excluding hydrogens is 218 g/mol. The van der Waals surface area contributed by atoms with E-state index in [-0.39, 0.29) is 0 Å². The van der Waals surface area contributed by atoms with Crippen molar-refractivity contribution in [3.05, 3.63) is 17.6 Å². The van der Waals surface area contributed by atoms with E-state index in [0.29, 0.717) is 5.25 Å². The van der Waals surface area contributed by atoms with Crippen LogP contribution >= 0.6 is 11.8 Å². The summed E-state index contributed by atoms with van der Waals surface area (Å²) in [5.74, 6) is 3.25. The average Bonchev–Trinajstić information content (AvgIpc) is 2.79. The van der Waals surface area contributed by atoms with Crippen LogP contribution in [0.2, 0.25) is 0 Å². The Morgan fingerprint density at radius 2 is 2.38 bits per heavy atom. The Balaban J connectivity index is 2.14. The molecular formula is C12H19N3S. The molecule has 2 rings (SSSR count). The third-order valence-corrected chi connectivity index (χ3v) is 4.02. The number of aromatic nitrogens is 2. The van der Waals surface area contributed by atoms with Gasteiger partial charge in [0, 0.05) is 18.3 Å². The lowest BCUT2D eigenvalue weighted by atomic mass is 10.2. The van der Waals surface area contributed by atoms with E-state index in [4.69, 9.17) is 0 Å². The van der Waals surface area contributed by atoms with Crippen LogP contribution in [0.15, 0.2) is 6.07 Å². The number of thioether (sulfide) groups is 1. The molecule has 3 nitrogen and oxygen atoms in total. The van der Waals surface area contributed by atoms with Crippen LogP contribution in [0.4, 0.5) is 5.82 Å². The minimum absolute atomic E-state index is 0.516. The first-order chi connectivity index (χ1) is 7.79. The molecule has 1 unspecified atom stereocenters. The Bertz CT molecular complexity index is 348. The van der Waals surface area contributed by atoms with Gasteiger partial charge in [0.15, 0.2) is 0 Å². The third-order valence-electron chi connectivity index (χ3n) is 2.65. The number of rotatable bonds is 4. The summed E-state index contributed by atoms with van der Waals surface area (Å²) < 4.78 is 0. The lowest BCUT2D eigenvalue weighted by molar-refractivity contribution is 0.771. The van der Waals surface area contributed by atoms with Crippen LogP contribution in [0.25, 0.3) is 0 Å². The molecule has 1 aromatic rings. The van der Waals surface area contributed by atoms with E-state index in [2.05, 4.69) is 22.2 Å². The monoisotopic (exact) mass is 237 g/mol. The molecule has 0 spiro atoms. The van der Waals surface area contributed by atoms with Gasteiger partial charge in [-0.05, 0) is 31.9 Å². The lowest BCUT2D eigenvalue weighted by Crippen LogP contribution is -2.07. The van der Waals surface area contributed by atoms with E-state index in [1.54, 1.807) is 0 Å². The maximum absolute atomic E-state index is 4.61. The summed E-state index contributed by atoms with van der Waals surface area (Å²) in [6.07, 6.45) is 3.64. The standard InChI is InChI=1S/C12H19N3S/c1-3-6-13-11-8-9(2)14-12(15-11)10-5-4-7-16-10/h8,10H,3-7H2,1-2H3,(H,13,14,15). The summed E-state index contributed by atoms with van der Waals surface area (Å²) in [6.45, 7) is 5.18. The minimum Gasteiger partial charge on any atom is -0.370 e. The molecule has 0 aromatic carbocycles. The van der Waals surface area contributed by atoms with Crippen LogP contribution in [0.3, 0.4) is 0 Å². The Labute approximate surface area is 101 Å². The Hall–Kier alpha value is -0.770. The maximum atomic E-state index is 4.61. The van der Waals surface area contributed by atoms with Crippen molar-refractivity contribution in [1.82, 2.24) is 9.97 Å². The van der Waals surface area contributed by atoms with Crippen LogP contribution in [-0.2, 0) is 0 Å². The van der Waals surface area contributed by atoms with E-state index in [1.165, 1.54) is 18.6 Å². The van der Waals surface area contributed by atoms with Gasteiger partial charge in [-0.25, -0.2) is 9.97 Å². The van der Waals surface area contributed by atoms with Crippen LogP contribution in [0.1, 0.15) is 43.0 Å². The van der Waals surface area contributed by atoms with Crippen molar-refractivity contribution in [3.63, 3.8) is 0 Å². The fourth-order valence-corrected chi connectivity index (χ4v) is 3.07. The Kier molecular flexibility index (Phi) is 4.04. The molecule has 2 heterocycles. The SMILES string of the molecule is CCCNc1cc(C)nc(C2CCCS2)n1. The molecule has 88 valence electrons. The predicted molar refractivity (Wildman–Crippen MR) is 70.0 cm³/mol. The molecule has 1 saturated heterocycles. The average molecular weight is 237 g/mol. The fourth-order valence-electron chi connectivity index (χ4n) is 1.86. The van der Waals surface area contributed by atoms with Crippen LogP contribution < -0.4 is 5.32 Å². The molecule has 0 saturated carbocycles. The first kappa shape index (κ1) is 11.7. The first-order valence-electron chi connectivity index (χ1n) is 6.00. The molecule has 1 atom stereocenters. The van der Waals surface area contributed by atoms with Gasteiger partial charge in [-0.15, -0.1) is 0 Å². The zero-order chi connectivity index (χ0) is 11.4. The summed E-state index contributed by atoms with van der Waals surface area (Å²) in [5.41, 5.74) is 1.07. The molecule has 1 aliphatic rings. The molecule has 1 aliphatic heterocycles. The van der Waals surface area contributed by atoms with E-state index < -0.39 is 0 Å². The summed E-state index contributed by atoms with van der Waals surface area (Å²) in [7, 11) is 0. The second kappa shape index (κ2) is 5.53. The summed E-state index contributed by atoms with van der Waals surface area (Å²) in [4.78, 5) is 9.16. The minimum atomic E-state index is 0.516. The highest BCUT2D eigenvalue weighted by molar-refractivity contribution is 7.99. The van der Waals surface area contributed by atoms with E-state index in [1.807, 2.05) is 24.8 Å². The van der Waals surface area contributed by atoms with Gasteiger partial charge >= 0.3 is 0 Å². The molecule has 4 heteroatoms. The highest BCUT2D eigenvalue weighted by Crippen LogP contribution is 2.38. The normalized spacial score (nSPS) is 20.0. The second-order valence-electron chi connectivity index (χ2n) is 4.18. The number of nitrogens with one attached hydrogen (secondary N) is 1. The van der Waals surface area contributed by atoms with Gasteiger partial charge in [0.05, 0.1) is 5.25 Å². The zero-order valence-electron chi connectivity index (χ0n) is 9.99. The van der Waals surface area contributed by atoms with Crippen LogP contribution in [-0.4, -0.2) is 22.3 Å². The van der Waals surface area contributed by atoms with Crippen molar-refractivity contribution in [3.8, 4) is 0 Å². The van der Waals surface area contributed by atoms with E-state index in [0.717, 1.165) is 30.3 Å². The van der Waals surface area contributed by atoms with Gasteiger partial charge in [-0.2, -0.15) is 11.8 Å². The highest BCUT2D eigenvalue weighted by atomic mass is 32.2. The molecule has 0 bridgehead atoms. The van der Waals surface area contributed by atoms with Gasteiger partial charge in [0.25, 0.3) is 0 Å². The van der Waals surface area contributed by atoms with Crippen molar-refractivity contribution >= 4 is 17.6 Å². The molecule has 1 aromatic heterocycles. The van der Waals surface area contributed by atoms with Crippen LogP contribution in [0.5, 0.6) is 0 Å². The zero-order valence-corrected chi connectivity index (χ0v) is 10.8. The first-order valence-corrected chi connectivity index (χ1v) is 7.05. The number of hydrogen-bond acceptors (Lipinski definition) is 4. The van der Waals surface area contributed by atoms with Gasteiger partial charge in [0.2, 0.25) is 0 Å². The van der Waals surface area contributed by atoms with Crippen molar-refractivity contribution in [2.45, 2.75) is 38.4 Å². The predicted octanol–water partition coefficient (Wildman–Crippen LogP) is 3.18. The maximum Gasteiger partial charge on any atom is 0.143 e. The van der Waals surface area contributed by atoms with Crippen molar-refractivity contribution in [2.24, 2.45) is 0 Å². The van der Waals surface area contributed by atoms with Gasteiger partial charge in [-0.3, -0.25) is 0 Å². The molecule has 0 aliphatic carbocycles. The second-order valence-corrected chi connectivity index (χ2v) is 5.49. The molecule has 1 N–H and O–H groups in total. The quantitative estimate of drug-likeness (QED) is 0.873. The van der Waals surface area contributed by atoms with Gasteiger partial charge < -0.3 is 5.32 Å². The molecule has 0 radical (unpaired) electrons. The fraction of sp³-hybridized carbons (Fsp3) is 0.667. The summed E-state index contributed by atoms with van der Waals surface area (Å²) >= 11 is 1.98. The number of hydrogen-bond donors (Lipinski definition) is 1. The topological polar surface area (TPSA) is 37.8 Å². The van der Waals surface area contributed by atoms with E-state index >= 15 is 0 Å². The van der Waals surface area contributed by atoms with Gasteiger partial charge in [-0.1, -0.05) is 6.92 Å². The lowest BCUT2D eigenvalue weighted by Gasteiger charge is -2.11. The number of aryl methyl sites for hydroxylation is 1. The van der Waals surface area contributed by atoms with E-state index in [9.17, 15) is 0 Å². The smallest absolute Gasteiger partial charge is 0.143 e. The third kappa shape index (κ3) is 2.88. The molecule has 16 heavy (non-hydrogen) atoms.